The lowest BCUT2D eigenvalue weighted by Crippen LogP contribution is -2.58. The number of imidazole rings is 1. The van der Waals surface area contributed by atoms with Crippen LogP contribution in [0.1, 0.15) is 84.6 Å². The quantitative estimate of drug-likeness (QED) is 0.250. The van der Waals surface area contributed by atoms with Crippen LogP contribution in [-0.4, -0.2) is 75.6 Å². The van der Waals surface area contributed by atoms with Gasteiger partial charge >= 0.3 is 0 Å². The molecule has 52 heavy (non-hydrogen) atoms. The number of carbonyl (C=O) groups is 3. The third kappa shape index (κ3) is 7.07. The molecule has 5 atom stereocenters. The average Bonchev–Trinajstić information content (AvgIpc) is 3.92. The molecule has 3 heterocycles. The van der Waals surface area contributed by atoms with E-state index in [1.807, 2.05) is 79.1 Å². The van der Waals surface area contributed by atoms with Crippen molar-refractivity contribution in [2.24, 2.45) is 5.92 Å². The van der Waals surface area contributed by atoms with Crippen molar-refractivity contribution >= 4 is 60.4 Å². The zero-order chi connectivity index (χ0) is 36.8. The van der Waals surface area contributed by atoms with E-state index in [0.29, 0.717) is 25.3 Å². The number of rotatable bonds is 8. The number of sulfonamides is 1. The van der Waals surface area contributed by atoms with Crippen molar-refractivity contribution in [2.45, 2.75) is 113 Å². The number of hydrogen-bond acceptors (Lipinski definition) is 8. The van der Waals surface area contributed by atoms with E-state index in [9.17, 15) is 22.8 Å². The zero-order valence-electron chi connectivity index (χ0n) is 29.8. The van der Waals surface area contributed by atoms with E-state index in [4.69, 9.17) is 9.72 Å². The SMILES string of the molecule is CC(C)n1c(O[C@@H]2C[C@H]3C(=O)N[C@]4(C(=O)NS(=O)(=O)C5(C)CC5)C[C@H]4/C=C\CCCCC[C@H](Nc4ccccc4)C(=O)N3C2)nc2c(Br)cccc21. The molecule has 2 aromatic carbocycles. The number of halogens is 1. The van der Waals surface area contributed by atoms with Gasteiger partial charge < -0.3 is 20.3 Å². The van der Waals surface area contributed by atoms with Crippen molar-refractivity contribution in [3.8, 4) is 6.01 Å². The lowest BCUT2D eigenvalue weighted by molar-refractivity contribution is -0.140. The number of nitrogens with one attached hydrogen (secondary N) is 3. The van der Waals surface area contributed by atoms with Gasteiger partial charge in [0.05, 0.1) is 16.8 Å². The van der Waals surface area contributed by atoms with E-state index in [2.05, 4.69) is 31.3 Å². The van der Waals surface area contributed by atoms with Crippen LogP contribution in [0.3, 0.4) is 0 Å². The van der Waals surface area contributed by atoms with Crippen LogP contribution in [-0.2, 0) is 24.4 Å². The van der Waals surface area contributed by atoms with Crippen LogP contribution < -0.4 is 20.1 Å². The van der Waals surface area contributed by atoms with Gasteiger partial charge in [0.25, 0.3) is 11.9 Å². The Kier molecular flexibility index (Phi) is 9.92. The number of aromatic nitrogens is 2. The minimum absolute atomic E-state index is 0.0120. The molecule has 3 amide bonds. The molecular weight excluding hydrogens is 748 g/mol. The van der Waals surface area contributed by atoms with Crippen molar-refractivity contribution in [3.63, 3.8) is 0 Å². The zero-order valence-corrected chi connectivity index (χ0v) is 32.2. The molecule has 0 radical (unpaired) electrons. The third-order valence-electron chi connectivity index (χ3n) is 11.0. The smallest absolute Gasteiger partial charge is 0.297 e. The van der Waals surface area contributed by atoms with E-state index in [-0.39, 0.29) is 37.3 Å². The van der Waals surface area contributed by atoms with Crippen LogP contribution in [0.15, 0.2) is 65.2 Å². The fourth-order valence-corrected chi connectivity index (χ4v) is 9.23. The maximum Gasteiger partial charge on any atom is 0.297 e. The van der Waals surface area contributed by atoms with E-state index in [1.54, 1.807) is 11.8 Å². The van der Waals surface area contributed by atoms with Gasteiger partial charge in [-0.15, -0.1) is 0 Å². The van der Waals surface area contributed by atoms with E-state index in [0.717, 1.165) is 46.9 Å². The first-order valence-electron chi connectivity index (χ1n) is 18.3. The van der Waals surface area contributed by atoms with Crippen molar-refractivity contribution in [1.82, 2.24) is 24.5 Å². The van der Waals surface area contributed by atoms with Crippen LogP contribution in [0, 0.1) is 5.92 Å². The number of para-hydroxylation sites is 2. The first-order valence-corrected chi connectivity index (χ1v) is 20.6. The Morgan fingerprint density at radius 1 is 1.08 bits per heavy atom. The average molecular weight is 796 g/mol. The van der Waals surface area contributed by atoms with Crippen molar-refractivity contribution < 1.29 is 27.5 Å². The molecule has 4 aliphatic rings. The number of carbonyl (C=O) groups excluding carboxylic acids is 3. The van der Waals surface area contributed by atoms with Gasteiger partial charge in [0, 0.05) is 28.5 Å². The summed E-state index contributed by atoms with van der Waals surface area (Å²) in [6.07, 6.45) is 8.64. The van der Waals surface area contributed by atoms with Crippen molar-refractivity contribution in [2.75, 3.05) is 11.9 Å². The highest BCUT2D eigenvalue weighted by atomic mass is 79.9. The minimum atomic E-state index is -3.94. The Labute approximate surface area is 313 Å². The van der Waals surface area contributed by atoms with Crippen molar-refractivity contribution in [3.05, 3.63) is 65.2 Å². The molecule has 3 aromatic rings. The molecule has 3 N–H and O–H groups in total. The standard InChI is InChI=1S/C38H47BrN6O6S/c1-24(2)45-30-18-12-16-28(39)32(30)41-36(45)51-27-21-31-33(46)42-38(35(48)43-52(49,50)37(3)19-20-37)22-25(38)13-8-5-4-6-11-17-29(34(47)44(31)23-27)40-26-14-9-7-10-15-26/h7-10,12-16,18,24-25,27,29,31,40H,4-6,11,17,19-23H2,1-3H3,(H,42,46)(H,43,48)/b13-8-/t25-,27-,29+,31+,38-/m1/s1. The normalized spacial score (nSPS) is 28.2. The number of hydrogen-bond donors (Lipinski definition) is 3. The molecule has 0 spiro atoms. The number of benzene rings is 2. The molecule has 0 bridgehead atoms. The maximum atomic E-state index is 14.6. The number of ether oxygens (including phenoxy) is 1. The summed E-state index contributed by atoms with van der Waals surface area (Å²) in [7, 11) is -3.94. The third-order valence-corrected chi connectivity index (χ3v) is 13.8. The molecule has 1 aromatic heterocycles. The Bertz CT molecular complexity index is 2000. The molecule has 1 saturated heterocycles. The van der Waals surface area contributed by atoms with Gasteiger partial charge in [-0.1, -0.05) is 49.3 Å². The van der Waals surface area contributed by atoms with Crippen molar-refractivity contribution in [1.29, 1.82) is 0 Å². The van der Waals surface area contributed by atoms with Crippen LogP contribution in [0.5, 0.6) is 6.01 Å². The fraction of sp³-hybridized carbons (Fsp3) is 0.526. The van der Waals surface area contributed by atoms with Gasteiger partial charge in [-0.05, 0) is 99.5 Å². The molecule has 14 heteroatoms. The highest BCUT2D eigenvalue weighted by Crippen LogP contribution is 2.47. The monoisotopic (exact) mass is 794 g/mol. The number of anilines is 1. The van der Waals surface area contributed by atoms with Crippen LogP contribution in [0.25, 0.3) is 11.0 Å². The second-order valence-electron chi connectivity index (χ2n) is 15.2. The van der Waals surface area contributed by atoms with Gasteiger partial charge in [-0.3, -0.25) is 23.7 Å². The highest BCUT2D eigenvalue weighted by molar-refractivity contribution is 9.10. The summed E-state index contributed by atoms with van der Waals surface area (Å²) in [5.74, 6) is -1.87. The molecule has 3 fully saturated rings. The Morgan fingerprint density at radius 2 is 1.85 bits per heavy atom. The summed E-state index contributed by atoms with van der Waals surface area (Å²) in [4.78, 5) is 49.3. The van der Waals surface area contributed by atoms with Crippen LogP contribution >= 0.6 is 15.9 Å². The largest absolute Gasteiger partial charge is 0.459 e. The molecular formula is C38H47BrN6O6S. The fourth-order valence-electron chi connectivity index (χ4n) is 7.47. The molecule has 278 valence electrons. The Balaban J connectivity index is 1.21. The minimum Gasteiger partial charge on any atom is -0.459 e. The summed E-state index contributed by atoms with van der Waals surface area (Å²) in [5.41, 5.74) is 0.993. The summed E-state index contributed by atoms with van der Waals surface area (Å²) in [6.45, 7) is 5.83. The summed E-state index contributed by atoms with van der Waals surface area (Å²) in [5, 5.41) is 6.39. The van der Waals surface area contributed by atoms with Gasteiger partial charge in [0.1, 0.15) is 29.2 Å². The van der Waals surface area contributed by atoms with E-state index >= 15 is 0 Å². The van der Waals surface area contributed by atoms with Crippen LogP contribution in [0.4, 0.5) is 5.69 Å². The van der Waals surface area contributed by atoms with Gasteiger partial charge in [-0.25, -0.2) is 8.42 Å². The van der Waals surface area contributed by atoms with Gasteiger partial charge in [0.2, 0.25) is 21.8 Å². The predicted molar refractivity (Wildman–Crippen MR) is 202 cm³/mol. The van der Waals surface area contributed by atoms with E-state index in [1.165, 1.54) is 0 Å². The van der Waals surface area contributed by atoms with E-state index < -0.39 is 50.3 Å². The molecule has 12 nitrogen and oxygen atoms in total. The number of allylic oxidation sites excluding steroid dienone is 1. The Hall–Kier alpha value is -3.91. The maximum absolute atomic E-state index is 14.6. The predicted octanol–water partition coefficient (Wildman–Crippen LogP) is 5.60. The molecule has 0 unspecified atom stereocenters. The summed E-state index contributed by atoms with van der Waals surface area (Å²) >= 11 is 3.61. The summed E-state index contributed by atoms with van der Waals surface area (Å²) < 4.78 is 37.0. The lowest BCUT2D eigenvalue weighted by Gasteiger charge is -2.30. The molecule has 7 rings (SSSR count). The molecule has 2 saturated carbocycles. The topological polar surface area (TPSA) is 152 Å². The first-order chi connectivity index (χ1) is 24.8. The summed E-state index contributed by atoms with van der Waals surface area (Å²) in [6, 6.07) is 14.2. The number of amides is 3. The van der Waals surface area contributed by atoms with Gasteiger partial charge in [0.15, 0.2) is 0 Å². The second-order valence-corrected chi connectivity index (χ2v) is 18.3. The molecule has 2 aliphatic carbocycles. The van der Waals surface area contributed by atoms with Crippen LogP contribution in [0.2, 0.25) is 0 Å². The Morgan fingerprint density at radius 3 is 2.58 bits per heavy atom. The highest BCUT2D eigenvalue weighted by Gasteiger charge is 2.63. The lowest BCUT2D eigenvalue weighted by atomic mass is 10.0. The number of fused-ring (bicyclic) bond motifs is 3. The number of nitrogens with zero attached hydrogens (tertiary/aromatic N) is 3. The second kappa shape index (κ2) is 14.1. The molecule has 2 aliphatic heterocycles. The first kappa shape index (κ1) is 36.4. The van der Waals surface area contributed by atoms with Gasteiger partial charge in [-0.2, -0.15) is 4.98 Å².